The molecule has 2 heterocycles. The lowest BCUT2D eigenvalue weighted by molar-refractivity contribution is -0.0312. The second-order valence-corrected chi connectivity index (χ2v) is 6.69. The van der Waals surface area contributed by atoms with Gasteiger partial charge in [-0.1, -0.05) is 0 Å². The maximum absolute atomic E-state index is 11.7. The number of pyridine rings is 1. The van der Waals surface area contributed by atoms with Crippen LogP contribution in [0.25, 0.3) is 0 Å². The van der Waals surface area contributed by atoms with E-state index in [2.05, 4.69) is 15.2 Å². The Bertz CT molecular complexity index is 530. The molecule has 1 aromatic rings. The van der Waals surface area contributed by atoms with Crippen LogP contribution >= 0.6 is 0 Å². The van der Waals surface area contributed by atoms with E-state index in [0.29, 0.717) is 18.8 Å². The molecule has 7 nitrogen and oxygen atoms in total. The van der Waals surface area contributed by atoms with Gasteiger partial charge in [-0.05, 0) is 32.4 Å². The highest BCUT2D eigenvalue weighted by molar-refractivity contribution is 5.67. The lowest BCUT2D eigenvalue weighted by Crippen LogP contribution is -2.47. The minimum atomic E-state index is -0.498. The fourth-order valence-electron chi connectivity index (χ4n) is 2.38. The predicted octanol–water partition coefficient (Wildman–Crippen LogP) is 1.39. The summed E-state index contributed by atoms with van der Waals surface area (Å²) in [6.07, 6.45) is 2.93. The summed E-state index contributed by atoms with van der Waals surface area (Å²) in [4.78, 5) is 18.0. The third kappa shape index (κ3) is 6.03. The number of hydrogen-bond acceptors (Lipinski definition) is 6. The Morgan fingerprint density at radius 1 is 1.57 bits per heavy atom. The second-order valence-electron chi connectivity index (χ2n) is 6.69. The van der Waals surface area contributed by atoms with Crippen LogP contribution < -0.4 is 11.1 Å². The highest BCUT2D eigenvalue weighted by atomic mass is 16.6. The van der Waals surface area contributed by atoms with Crippen LogP contribution in [0.3, 0.4) is 0 Å². The van der Waals surface area contributed by atoms with Crippen molar-refractivity contribution in [1.29, 1.82) is 0 Å². The van der Waals surface area contributed by atoms with Crippen LogP contribution in [-0.4, -0.2) is 53.9 Å². The Hall–Kier alpha value is -1.86. The van der Waals surface area contributed by atoms with Gasteiger partial charge in [-0.25, -0.2) is 4.79 Å². The number of nitrogens with zero attached hydrogens (tertiary/aromatic N) is 2. The number of morpholine rings is 1. The topological polar surface area (TPSA) is 89.7 Å². The molecular weight excluding hydrogens is 296 g/mol. The maximum Gasteiger partial charge on any atom is 0.407 e. The van der Waals surface area contributed by atoms with Gasteiger partial charge in [-0.15, -0.1) is 0 Å². The molecule has 1 atom stereocenters. The van der Waals surface area contributed by atoms with Crippen molar-refractivity contribution in [1.82, 2.24) is 15.2 Å². The zero-order valence-electron chi connectivity index (χ0n) is 14.0. The van der Waals surface area contributed by atoms with E-state index in [0.717, 1.165) is 25.2 Å². The highest BCUT2D eigenvalue weighted by Gasteiger charge is 2.23. The zero-order valence-corrected chi connectivity index (χ0v) is 14.0. The molecule has 128 valence electrons. The molecule has 2 rings (SSSR count). The minimum absolute atomic E-state index is 0.0562. The van der Waals surface area contributed by atoms with Crippen molar-refractivity contribution < 1.29 is 14.3 Å². The van der Waals surface area contributed by atoms with Crippen molar-refractivity contribution in [2.45, 2.75) is 39.0 Å². The molecule has 0 saturated carbocycles. The lowest BCUT2D eigenvalue weighted by atomic mass is 10.2. The number of carbonyl (C=O) groups is 1. The van der Waals surface area contributed by atoms with E-state index in [1.807, 2.05) is 26.8 Å². The van der Waals surface area contributed by atoms with Crippen molar-refractivity contribution in [3.8, 4) is 0 Å². The number of hydrogen-bond donors (Lipinski definition) is 2. The number of ether oxygens (including phenoxy) is 2. The van der Waals surface area contributed by atoms with E-state index in [-0.39, 0.29) is 6.10 Å². The van der Waals surface area contributed by atoms with Gasteiger partial charge in [0.05, 0.1) is 24.6 Å². The van der Waals surface area contributed by atoms with E-state index < -0.39 is 11.7 Å². The third-order valence-electron chi connectivity index (χ3n) is 3.44. The average Bonchev–Trinajstić information content (AvgIpc) is 2.46. The van der Waals surface area contributed by atoms with Gasteiger partial charge in [-0.3, -0.25) is 9.88 Å². The van der Waals surface area contributed by atoms with E-state index >= 15 is 0 Å². The van der Waals surface area contributed by atoms with Crippen LogP contribution in [-0.2, 0) is 16.0 Å². The summed E-state index contributed by atoms with van der Waals surface area (Å²) in [6, 6.07) is 1.93. The highest BCUT2D eigenvalue weighted by Crippen LogP contribution is 2.15. The van der Waals surface area contributed by atoms with Gasteiger partial charge in [0.25, 0.3) is 0 Å². The van der Waals surface area contributed by atoms with Gasteiger partial charge in [0.2, 0.25) is 0 Å². The smallest absolute Gasteiger partial charge is 0.407 e. The first kappa shape index (κ1) is 17.5. The van der Waals surface area contributed by atoms with Crippen LogP contribution in [0.2, 0.25) is 0 Å². The van der Waals surface area contributed by atoms with Crippen LogP contribution in [0.5, 0.6) is 0 Å². The molecule has 1 fully saturated rings. The number of nitrogen functional groups attached to an aromatic ring is 1. The largest absolute Gasteiger partial charge is 0.444 e. The number of rotatable bonds is 4. The molecule has 1 aromatic heterocycles. The molecule has 0 unspecified atom stereocenters. The predicted molar refractivity (Wildman–Crippen MR) is 87.9 cm³/mol. The number of nitrogens with one attached hydrogen (secondary N) is 1. The Morgan fingerprint density at radius 3 is 3.04 bits per heavy atom. The van der Waals surface area contributed by atoms with Crippen LogP contribution in [0.15, 0.2) is 18.5 Å². The number of nitrogens with two attached hydrogens (primary N) is 1. The van der Waals surface area contributed by atoms with Crippen molar-refractivity contribution in [3.05, 3.63) is 24.0 Å². The standard InChI is InChI=1S/C16H26N4O3/c1-16(2,3)23-15(21)19-8-13-11-20(6-7-22-13)10-12-4-5-18-9-14(12)17/h4-5,9,13H,6-8,10-11,17H2,1-3H3,(H,19,21)/t13-/m0/s1. The Kier molecular flexibility index (Phi) is 5.79. The number of amides is 1. The summed E-state index contributed by atoms with van der Waals surface area (Å²) in [6.45, 7) is 8.89. The Balaban J connectivity index is 1.79. The van der Waals surface area contributed by atoms with E-state index in [1.54, 1.807) is 12.4 Å². The lowest BCUT2D eigenvalue weighted by Gasteiger charge is -2.33. The fourth-order valence-corrected chi connectivity index (χ4v) is 2.38. The molecular formula is C16H26N4O3. The van der Waals surface area contributed by atoms with Gasteiger partial charge in [0.1, 0.15) is 5.60 Å². The molecule has 0 aliphatic carbocycles. The SMILES string of the molecule is CC(C)(C)OC(=O)NC[C@H]1CN(Cc2ccncc2N)CCO1. The fraction of sp³-hybridized carbons (Fsp3) is 0.625. The molecule has 3 N–H and O–H groups in total. The first-order chi connectivity index (χ1) is 10.8. The van der Waals surface area contributed by atoms with Crippen LogP contribution in [0.4, 0.5) is 10.5 Å². The molecule has 1 aliphatic rings. The van der Waals surface area contributed by atoms with Gasteiger partial charge in [-0.2, -0.15) is 0 Å². The Morgan fingerprint density at radius 2 is 2.35 bits per heavy atom. The summed E-state index contributed by atoms with van der Waals surface area (Å²) in [5, 5.41) is 2.76. The van der Waals surface area contributed by atoms with E-state index in [1.165, 1.54) is 0 Å². The number of anilines is 1. The maximum atomic E-state index is 11.7. The minimum Gasteiger partial charge on any atom is -0.444 e. The summed E-state index contributed by atoms with van der Waals surface area (Å²) < 4.78 is 10.9. The quantitative estimate of drug-likeness (QED) is 0.871. The molecule has 0 aromatic carbocycles. The summed E-state index contributed by atoms with van der Waals surface area (Å²) in [5.41, 5.74) is 7.19. The van der Waals surface area contributed by atoms with Gasteiger partial charge in [0.15, 0.2) is 0 Å². The molecule has 0 spiro atoms. The average molecular weight is 322 g/mol. The van der Waals surface area contributed by atoms with Gasteiger partial charge >= 0.3 is 6.09 Å². The normalized spacial score (nSPS) is 19.3. The second kappa shape index (κ2) is 7.61. The zero-order chi connectivity index (χ0) is 16.9. The van der Waals surface area contributed by atoms with Crippen LogP contribution in [0.1, 0.15) is 26.3 Å². The van der Waals surface area contributed by atoms with Crippen LogP contribution in [0, 0.1) is 0 Å². The van der Waals surface area contributed by atoms with Crippen molar-refractivity contribution in [2.24, 2.45) is 0 Å². The van der Waals surface area contributed by atoms with E-state index in [4.69, 9.17) is 15.2 Å². The first-order valence-electron chi connectivity index (χ1n) is 7.82. The molecule has 1 saturated heterocycles. The number of alkyl carbamates (subject to hydrolysis) is 1. The third-order valence-corrected chi connectivity index (χ3v) is 3.44. The molecule has 0 radical (unpaired) electrons. The number of carbonyl (C=O) groups excluding carboxylic acids is 1. The summed E-state index contributed by atoms with van der Waals surface area (Å²) in [7, 11) is 0. The summed E-state index contributed by atoms with van der Waals surface area (Å²) in [5.74, 6) is 0. The molecule has 7 heteroatoms. The van der Waals surface area contributed by atoms with E-state index in [9.17, 15) is 4.79 Å². The first-order valence-corrected chi connectivity index (χ1v) is 7.82. The van der Waals surface area contributed by atoms with Crippen molar-refractivity contribution >= 4 is 11.8 Å². The molecule has 1 amide bonds. The molecule has 1 aliphatic heterocycles. The molecule has 0 bridgehead atoms. The van der Waals surface area contributed by atoms with Crippen molar-refractivity contribution in [3.63, 3.8) is 0 Å². The molecule has 23 heavy (non-hydrogen) atoms. The van der Waals surface area contributed by atoms with Gasteiger partial charge < -0.3 is 20.5 Å². The van der Waals surface area contributed by atoms with Crippen molar-refractivity contribution in [2.75, 3.05) is 32.0 Å². The Labute approximate surface area is 137 Å². The summed E-state index contributed by atoms with van der Waals surface area (Å²) >= 11 is 0. The monoisotopic (exact) mass is 322 g/mol. The number of aromatic nitrogens is 1. The van der Waals surface area contributed by atoms with Gasteiger partial charge in [0, 0.05) is 32.4 Å².